The van der Waals surface area contributed by atoms with Crippen molar-refractivity contribution in [1.82, 2.24) is 9.78 Å². The van der Waals surface area contributed by atoms with Crippen molar-refractivity contribution in [3.8, 4) is 5.75 Å². The molecule has 0 saturated heterocycles. The Morgan fingerprint density at radius 2 is 1.88 bits per heavy atom. The summed E-state index contributed by atoms with van der Waals surface area (Å²) >= 11 is 12.4. The zero-order valence-electron chi connectivity index (χ0n) is 16.9. The lowest BCUT2D eigenvalue weighted by Crippen LogP contribution is -2.10. The monoisotopic (exact) mass is 486 g/mol. The van der Waals surface area contributed by atoms with Crippen LogP contribution >= 0.6 is 23.2 Å². The van der Waals surface area contributed by atoms with Crippen molar-refractivity contribution >= 4 is 40.5 Å². The van der Waals surface area contributed by atoms with E-state index in [9.17, 15) is 14.9 Å². The summed E-state index contributed by atoms with van der Waals surface area (Å²) in [5, 5.41) is 19.0. The Labute approximate surface area is 197 Å². The van der Waals surface area contributed by atoms with Crippen molar-refractivity contribution in [1.29, 1.82) is 0 Å². The second-order valence-electron chi connectivity index (χ2n) is 6.86. The number of carbonyl (C=O) groups is 1. The number of hydrogen-bond donors (Lipinski definition) is 1. The van der Waals surface area contributed by atoms with Gasteiger partial charge >= 0.3 is 5.69 Å². The van der Waals surface area contributed by atoms with Crippen molar-refractivity contribution < 1.29 is 18.9 Å². The van der Waals surface area contributed by atoms with E-state index in [0.29, 0.717) is 28.0 Å². The molecule has 0 aliphatic carbocycles. The molecule has 11 heteroatoms. The SMILES string of the molecule is O=C(Nc1cnn(Cc2c(Cl)cccc2Cl)c1)c1ccc(COc2ccccc2[N+](=O)[O-])o1. The fourth-order valence-electron chi connectivity index (χ4n) is 3.01. The number of nitrogens with one attached hydrogen (secondary N) is 1. The quantitative estimate of drug-likeness (QED) is 0.257. The first-order valence-electron chi connectivity index (χ1n) is 9.62. The zero-order valence-corrected chi connectivity index (χ0v) is 18.4. The molecule has 2 aromatic carbocycles. The lowest BCUT2D eigenvalue weighted by atomic mass is 10.2. The van der Waals surface area contributed by atoms with Gasteiger partial charge in [0.2, 0.25) is 0 Å². The number of benzene rings is 2. The van der Waals surface area contributed by atoms with E-state index in [1.165, 1.54) is 24.4 Å². The topological polar surface area (TPSA) is 112 Å². The average Bonchev–Trinajstić information content (AvgIpc) is 3.45. The lowest BCUT2D eigenvalue weighted by Gasteiger charge is -2.06. The van der Waals surface area contributed by atoms with Crippen LogP contribution in [0.5, 0.6) is 5.75 Å². The summed E-state index contributed by atoms with van der Waals surface area (Å²) in [6.45, 7) is 0.261. The number of nitro groups is 1. The normalized spacial score (nSPS) is 10.7. The van der Waals surface area contributed by atoms with Crippen LogP contribution in [0.2, 0.25) is 10.0 Å². The van der Waals surface area contributed by atoms with Gasteiger partial charge in [-0.1, -0.05) is 41.4 Å². The van der Waals surface area contributed by atoms with Gasteiger partial charge in [-0.25, -0.2) is 0 Å². The number of ether oxygens (including phenoxy) is 1. The molecule has 0 unspecified atom stereocenters. The number of para-hydroxylation sites is 2. The molecule has 33 heavy (non-hydrogen) atoms. The van der Waals surface area contributed by atoms with E-state index in [1.807, 2.05) is 0 Å². The van der Waals surface area contributed by atoms with E-state index in [2.05, 4.69) is 10.4 Å². The van der Waals surface area contributed by atoms with Gasteiger partial charge in [0.25, 0.3) is 5.91 Å². The molecule has 0 aliphatic rings. The first kappa shape index (κ1) is 22.4. The molecule has 168 valence electrons. The van der Waals surface area contributed by atoms with Gasteiger partial charge in [0.15, 0.2) is 11.5 Å². The van der Waals surface area contributed by atoms with Crippen LogP contribution in [0.3, 0.4) is 0 Å². The van der Waals surface area contributed by atoms with Crippen LogP contribution in [0.15, 0.2) is 71.4 Å². The van der Waals surface area contributed by atoms with Crippen LogP contribution in [-0.4, -0.2) is 20.6 Å². The Hall–Kier alpha value is -3.82. The fourth-order valence-corrected chi connectivity index (χ4v) is 3.53. The number of hydrogen-bond acceptors (Lipinski definition) is 6. The molecular weight excluding hydrogens is 471 g/mol. The summed E-state index contributed by atoms with van der Waals surface area (Å²) in [6, 6.07) is 14.3. The van der Waals surface area contributed by atoms with Crippen LogP contribution in [-0.2, 0) is 13.2 Å². The number of nitro benzene ring substituents is 1. The number of aromatic nitrogens is 2. The molecule has 0 fully saturated rings. The van der Waals surface area contributed by atoms with E-state index in [1.54, 1.807) is 47.3 Å². The molecule has 1 N–H and O–H groups in total. The molecule has 2 heterocycles. The van der Waals surface area contributed by atoms with Crippen LogP contribution in [0.4, 0.5) is 11.4 Å². The first-order valence-corrected chi connectivity index (χ1v) is 10.4. The maximum Gasteiger partial charge on any atom is 0.310 e. The highest BCUT2D eigenvalue weighted by molar-refractivity contribution is 6.35. The molecule has 1 amide bonds. The van der Waals surface area contributed by atoms with Gasteiger partial charge < -0.3 is 14.5 Å². The van der Waals surface area contributed by atoms with Crippen molar-refractivity contribution in [2.24, 2.45) is 0 Å². The maximum atomic E-state index is 12.5. The van der Waals surface area contributed by atoms with Gasteiger partial charge in [-0.05, 0) is 30.3 Å². The van der Waals surface area contributed by atoms with Crippen molar-refractivity contribution in [3.05, 3.63) is 104 Å². The Morgan fingerprint density at radius 3 is 2.64 bits per heavy atom. The van der Waals surface area contributed by atoms with Crippen molar-refractivity contribution in [3.63, 3.8) is 0 Å². The van der Waals surface area contributed by atoms with E-state index in [0.717, 1.165) is 5.56 Å². The molecule has 0 saturated carbocycles. The minimum atomic E-state index is -0.532. The smallest absolute Gasteiger partial charge is 0.310 e. The lowest BCUT2D eigenvalue weighted by molar-refractivity contribution is -0.386. The van der Waals surface area contributed by atoms with Gasteiger partial charge in [0, 0.05) is 27.9 Å². The predicted octanol–water partition coefficient (Wildman–Crippen LogP) is 5.57. The standard InChI is InChI=1S/C22H16Cl2N4O5/c23-17-4-3-5-18(24)16(17)12-27-11-14(10-25-27)26-22(29)21-9-8-15(33-21)13-32-20-7-2-1-6-19(20)28(30)31/h1-11H,12-13H2,(H,26,29). The third kappa shape index (κ3) is 5.33. The predicted molar refractivity (Wildman–Crippen MR) is 122 cm³/mol. The number of halogens is 2. The van der Waals surface area contributed by atoms with Gasteiger partial charge in [0.1, 0.15) is 12.4 Å². The van der Waals surface area contributed by atoms with E-state index in [-0.39, 0.29) is 23.8 Å². The Bertz CT molecular complexity index is 1300. The minimum absolute atomic E-state index is 0.0538. The number of anilines is 1. The van der Waals surface area contributed by atoms with Crippen LogP contribution in [0.25, 0.3) is 0 Å². The molecule has 0 aliphatic heterocycles. The third-order valence-corrected chi connectivity index (χ3v) is 5.30. The Balaban J connectivity index is 1.37. The van der Waals surface area contributed by atoms with Gasteiger partial charge in [-0.15, -0.1) is 0 Å². The molecular formula is C22H16Cl2N4O5. The number of carbonyl (C=O) groups excluding carboxylic acids is 1. The van der Waals surface area contributed by atoms with Gasteiger partial charge in [0.05, 0.1) is 23.4 Å². The highest BCUT2D eigenvalue weighted by atomic mass is 35.5. The van der Waals surface area contributed by atoms with Crippen LogP contribution in [0, 0.1) is 10.1 Å². The molecule has 0 bridgehead atoms. The fraction of sp³-hybridized carbons (Fsp3) is 0.0909. The molecule has 2 aromatic heterocycles. The molecule has 9 nitrogen and oxygen atoms in total. The highest BCUT2D eigenvalue weighted by Gasteiger charge is 2.16. The summed E-state index contributed by atoms with van der Waals surface area (Å²) < 4.78 is 12.6. The second-order valence-corrected chi connectivity index (χ2v) is 7.67. The summed E-state index contributed by atoms with van der Waals surface area (Å²) in [4.78, 5) is 23.0. The average molecular weight is 487 g/mol. The van der Waals surface area contributed by atoms with Crippen LogP contribution < -0.4 is 10.1 Å². The first-order chi connectivity index (χ1) is 15.9. The number of amides is 1. The molecule has 4 rings (SSSR count). The minimum Gasteiger partial charge on any atom is -0.479 e. The maximum absolute atomic E-state index is 12.5. The van der Waals surface area contributed by atoms with E-state index < -0.39 is 10.8 Å². The Kier molecular flexibility index (Phi) is 6.62. The second kappa shape index (κ2) is 9.76. The van der Waals surface area contributed by atoms with Crippen LogP contribution in [0.1, 0.15) is 21.9 Å². The number of furan rings is 1. The highest BCUT2D eigenvalue weighted by Crippen LogP contribution is 2.27. The molecule has 0 spiro atoms. The van der Waals surface area contributed by atoms with Gasteiger partial charge in [-0.2, -0.15) is 5.10 Å². The molecule has 4 aromatic rings. The van der Waals surface area contributed by atoms with E-state index in [4.69, 9.17) is 32.4 Å². The Morgan fingerprint density at radius 1 is 1.12 bits per heavy atom. The number of rotatable bonds is 8. The summed E-state index contributed by atoms with van der Waals surface area (Å²) in [5.74, 6) is 0.0126. The molecule has 0 radical (unpaired) electrons. The van der Waals surface area contributed by atoms with Crippen molar-refractivity contribution in [2.75, 3.05) is 5.32 Å². The van der Waals surface area contributed by atoms with E-state index >= 15 is 0 Å². The summed E-state index contributed by atoms with van der Waals surface area (Å²) in [5.41, 5.74) is 1.02. The zero-order chi connectivity index (χ0) is 23.4. The number of nitrogens with zero attached hydrogens (tertiary/aromatic N) is 3. The largest absolute Gasteiger partial charge is 0.479 e. The summed E-state index contributed by atoms with van der Waals surface area (Å²) in [6.07, 6.45) is 3.13. The molecule has 0 atom stereocenters. The van der Waals surface area contributed by atoms with Gasteiger partial charge in [-0.3, -0.25) is 19.6 Å². The third-order valence-electron chi connectivity index (χ3n) is 4.59. The summed E-state index contributed by atoms with van der Waals surface area (Å²) in [7, 11) is 0. The van der Waals surface area contributed by atoms with Crippen molar-refractivity contribution in [2.45, 2.75) is 13.2 Å².